The summed E-state index contributed by atoms with van der Waals surface area (Å²) in [5, 5.41) is 21.7. The minimum absolute atomic E-state index is 0.237. The molecule has 0 radical (unpaired) electrons. The number of hydrogen-bond donors (Lipinski definition) is 2. The van der Waals surface area contributed by atoms with Crippen LogP contribution in [0.2, 0.25) is 5.02 Å². The highest BCUT2D eigenvalue weighted by molar-refractivity contribution is 6.33. The average molecular weight is 518 g/mol. The smallest absolute Gasteiger partial charge is 0.296 e. The number of pyridine rings is 1. The zero-order chi connectivity index (χ0) is 24.9. The summed E-state index contributed by atoms with van der Waals surface area (Å²) in [6, 6.07) is 18.0. The SMILES string of the molecule is O[C@@H]1CO[C@H]2C1OC[C@H]2Oc1nc2nc(-c3ccc(-c4ccc(-n5cnnn5)cc4)cc3)c(Cl)cc2[nH]1. The van der Waals surface area contributed by atoms with Gasteiger partial charge in [-0.3, -0.25) is 0 Å². The van der Waals surface area contributed by atoms with E-state index >= 15 is 0 Å². The fourth-order valence-electron chi connectivity index (χ4n) is 4.75. The predicted octanol–water partition coefficient (Wildman–Crippen LogP) is 2.83. The fourth-order valence-corrected chi connectivity index (χ4v) is 5.01. The van der Waals surface area contributed by atoms with E-state index in [0.29, 0.717) is 34.5 Å². The zero-order valence-corrected chi connectivity index (χ0v) is 20.0. The molecule has 37 heavy (non-hydrogen) atoms. The number of tetrazole rings is 1. The Morgan fingerprint density at radius 1 is 0.946 bits per heavy atom. The Labute approximate surface area is 215 Å². The summed E-state index contributed by atoms with van der Waals surface area (Å²) in [5.41, 5.74) is 5.63. The molecule has 4 atom stereocenters. The highest BCUT2D eigenvalue weighted by Gasteiger charge is 2.48. The Kier molecular flexibility index (Phi) is 5.36. The number of rotatable bonds is 5. The van der Waals surface area contributed by atoms with Crippen LogP contribution in [-0.4, -0.2) is 77.9 Å². The van der Waals surface area contributed by atoms with Crippen LogP contribution in [0.5, 0.6) is 6.01 Å². The normalized spacial score (nSPS) is 23.0. The monoisotopic (exact) mass is 517 g/mol. The van der Waals surface area contributed by atoms with Gasteiger partial charge < -0.3 is 24.3 Å². The number of halogens is 1. The van der Waals surface area contributed by atoms with Gasteiger partial charge in [-0.25, -0.2) is 9.67 Å². The molecule has 3 aromatic heterocycles. The highest BCUT2D eigenvalue weighted by Crippen LogP contribution is 2.33. The third kappa shape index (κ3) is 4.02. The number of aromatic nitrogens is 7. The van der Waals surface area contributed by atoms with Crippen molar-refractivity contribution in [1.29, 1.82) is 0 Å². The van der Waals surface area contributed by atoms with E-state index in [1.54, 1.807) is 17.1 Å². The van der Waals surface area contributed by atoms with E-state index in [0.717, 1.165) is 22.4 Å². The number of hydrogen-bond acceptors (Lipinski definition) is 9. The maximum absolute atomic E-state index is 9.93. The van der Waals surface area contributed by atoms with Crippen molar-refractivity contribution >= 4 is 22.8 Å². The van der Waals surface area contributed by atoms with E-state index in [-0.39, 0.29) is 24.9 Å². The lowest BCUT2D eigenvalue weighted by Gasteiger charge is -2.15. The van der Waals surface area contributed by atoms with Crippen molar-refractivity contribution < 1.29 is 19.3 Å². The van der Waals surface area contributed by atoms with Gasteiger partial charge in [0.2, 0.25) is 0 Å². The molecule has 7 rings (SSSR count). The number of aliphatic hydroxyl groups excluding tert-OH is 1. The first-order chi connectivity index (χ1) is 18.1. The topological polar surface area (TPSA) is 133 Å². The van der Waals surface area contributed by atoms with Gasteiger partial charge in [-0.1, -0.05) is 48.0 Å². The molecule has 2 fully saturated rings. The molecular weight excluding hydrogens is 498 g/mol. The number of imidazole rings is 1. The van der Waals surface area contributed by atoms with Gasteiger partial charge in [0, 0.05) is 5.56 Å². The molecule has 186 valence electrons. The van der Waals surface area contributed by atoms with Gasteiger partial charge in [0.05, 0.1) is 35.1 Å². The second-order valence-electron chi connectivity index (χ2n) is 8.93. The zero-order valence-electron chi connectivity index (χ0n) is 19.2. The number of benzene rings is 2. The summed E-state index contributed by atoms with van der Waals surface area (Å²) in [5.74, 6) is 0. The molecule has 0 aliphatic carbocycles. The molecule has 2 N–H and O–H groups in total. The largest absolute Gasteiger partial charge is 0.456 e. The second kappa shape index (κ2) is 8.89. The van der Waals surface area contributed by atoms with Crippen LogP contribution >= 0.6 is 11.6 Å². The Morgan fingerprint density at radius 3 is 2.43 bits per heavy atom. The number of ether oxygens (including phenoxy) is 3. The molecule has 2 aliphatic rings. The fraction of sp³-hybridized carbons (Fsp3) is 0.240. The first kappa shape index (κ1) is 22.3. The van der Waals surface area contributed by atoms with Gasteiger partial charge in [0.15, 0.2) is 11.8 Å². The van der Waals surface area contributed by atoms with Crippen LogP contribution in [-0.2, 0) is 9.47 Å². The number of nitrogens with one attached hydrogen (secondary N) is 1. The van der Waals surface area contributed by atoms with E-state index in [4.69, 9.17) is 25.8 Å². The Balaban J connectivity index is 1.11. The first-order valence-corrected chi connectivity index (χ1v) is 12.1. The Morgan fingerprint density at radius 2 is 1.68 bits per heavy atom. The molecule has 2 aliphatic heterocycles. The summed E-state index contributed by atoms with van der Waals surface area (Å²) >= 11 is 6.59. The van der Waals surface area contributed by atoms with E-state index < -0.39 is 6.10 Å². The maximum atomic E-state index is 9.93. The second-order valence-corrected chi connectivity index (χ2v) is 9.34. The van der Waals surface area contributed by atoms with E-state index in [1.807, 2.05) is 48.5 Å². The maximum Gasteiger partial charge on any atom is 0.296 e. The van der Waals surface area contributed by atoms with Gasteiger partial charge in [0.25, 0.3) is 6.01 Å². The van der Waals surface area contributed by atoms with Crippen molar-refractivity contribution in [1.82, 2.24) is 35.2 Å². The van der Waals surface area contributed by atoms with Crippen molar-refractivity contribution in [3.63, 3.8) is 0 Å². The van der Waals surface area contributed by atoms with Gasteiger partial charge in [-0.05, 0) is 39.8 Å². The van der Waals surface area contributed by atoms with Crippen LogP contribution in [0.1, 0.15) is 0 Å². The summed E-state index contributed by atoms with van der Waals surface area (Å²) < 4.78 is 18.8. The van der Waals surface area contributed by atoms with Crippen molar-refractivity contribution in [2.75, 3.05) is 13.2 Å². The van der Waals surface area contributed by atoms with Crippen LogP contribution in [0.15, 0.2) is 60.9 Å². The molecule has 12 heteroatoms. The summed E-state index contributed by atoms with van der Waals surface area (Å²) in [7, 11) is 0. The molecule has 2 aromatic carbocycles. The molecule has 1 unspecified atom stereocenters. The lowest BCUT2D eigenvalue weighted by atomic mass is 10.0. The van der Waals surface area contributed by atoms with Gasteiger partial charge >= 0.3 is 0 Å². The Bertz CT molecular complexity index is 1560. The lowest BCUT2D eigenvalue weighted by molar-refractivity contribution is 0.00706. The molecule has 0 bridgehead atoms. The number of nitrogens with zero attached hydrogens (tertiary/aromatic N) is 6. The summed E-state index contributed by atoms with van der Waals surface area (Å²) in [4.78, 5) is 12.3. The average Bonchev–Trinajstić information content (AvgIpc) is 3.71. The third-order valence-electron chi connectivity index (χ3n) is 6.62. The first-order valence-electron chi connectivity index (χ1n) is 11.7. The number of H-pyrrole nitrogens is 1. The predicted molar refractivity (Wildman–Crippen MR) is 132 cm³/mol. The Hall–Kier alpha value is -3.90. The number of fused-ring (bicyclic) bond motifs is 2. The minimum Gasteiger partial charge on any atom is -0.456 e. The van der Waals surface area contributed by atoms with Gasteiger partial charge in [0.1, 0.15) is 24.6 Å². The van der Waals surface area contributed by atoms with E-state index in [9.17, 15) is 5.11 Å². The van der Waals surface area contributed by atoms with Crippen LogP contribution in [0.25, 0.3) is 39.2 Å². The highest BCUT2D eigenvalue weighted by atomic mass is 35.5. The molecule has 0 saturated carbocycles. The van der Waals surface area contributed by atoms with Gasteiger partial charge in [-0.2, -0.15) is 4.98 Å². The number of aliphatic hydroxyl groups is 1. The molecule has 0 spiro atoms. The lowest BCUT2D eigenvalue weighted by Crippen LogP contribution is -2.34. The number of aromatic amines is 1. The molecule has 2 saturated heterocycles. The van der Waals surface area contributed by atoms with Crippen molar-refractivity contribution in [3.8, 4) is 34.1 Å². The summed E-state index contributed by atoms with van der Waals surface area (Å²) in [6.07, 6.45) is -0.156. The van der Waals surface area contributed by atoms with Gasteiger partial charge in [-0.15, -0.1) is 5.10 Å². The standard InChI is InChI=1S/C25H20ClN7O4/c26-17-9-18-24(30-25(28-18)37-20-11-36-22-19(34)10-35-23(20)22)29-21(17)15-3-1-13(2-4-15)14-5-7-16(8-6-14)33-12-27-31-32-33/h1-9,12,19-20,22-23,34H,10-11H2,(H,28,29,30)/t19-,20-,22?,23-/m1/s1. The molecule has 11 nitrogen and oxygen atoms in total. The summed E-state index contributed by atoms with van der Waals surface area (Å²) in [6.45, 7) is 0.552. The third-order valence-corrected chi connectivity index (χ3v) is 6.91. The van der Waals surface area contributed by atoms with Crippen molar-refractivity contribution in [2.24, 2.45) is 0 Å². The molecule has 5 aromatic rings. The molecular formula is C25H20ClN7O4. The van der Waals surface area contributed by atoms with Crippen LogP contribution < -0.4 is 4.74 Å². The van der Waals surface area contributed by atoms with Crippen LogP contribution in [0.4, 0.5) is 0 Å². The van der Waals surface area contributed by atoms with Crippen molar-refractivity contribution in [2.45, 2.75) is 24.4 Å². The van der Waals surface area contributed by atoms with Crippen LogP contribution in [0.3, 0.4) is 0 Å². The quantitative estimate of drug-likeness (QED) is 0.361. The van der Waals surface area contributed by atoms with Crippen molar-refractivity contribution in [3.05, 3.63) is 65.9 Å². The molecule has 0 amide bonds. The minimum atomic E-state index is -0.639. The van der Waals surface area contributed by atoms with E-state index in [1.165, 1.54) is 0 Å². The van der Waals surface area contributed by atoms with E-state index in [2.05, 4.69) is 30.5 Å². The molecule has 5 heterocycles. The van der Waals surface area contributed by atoms with Crippen LogP contribution in [0, 0.1) is 0 Å².